The van der Waals surface area contributed by atoms with Crippen LogP contribution in [0.5, 0.6) is 0 Å². The van der Waals surface area contributed by atoms with E-state index in [0.717, 1.165) is 11.1 Å². The second kappa shape index (κ2) is 6.79. The van der Waals surface area contributed by atoms with Gasteiger partial charge in [0.05, 0.1) is 17.3 Å². The van der Waals surface area contributed by atoms with Gasteiger partial charge in [-0.2, -0.15) is 0 Å². The predicted octanol–water partition coefficient (Wildman–Crippen LogP) is 2.70. The molecule has 0 aliphatic carbocycles. The lowest BCUT2D eigenvalue weighted by Gasteiger charge is -2.20. The van der Waals surface area contributed by atoms with E-state index in [2.05, 4.69) is 20.3 Å². The molecule has 0 saturated heterocycles. The quantitative estimate of drug-likeness (QED) is 0.804. The molecule has 0 saturated carbocycles. The number of aromatic nitrogens is 3. The summed E-state index contributed by atoms with van der Waals surface area (Å²) in [6.07, 6.45) is 6.40. The van der Waals surface area contributed by atoms with Crippen LogP contribution in [-0.4, -0.2) is 20.9 Å². The molecule has 0 aliphatic rings. The van der Waals surface area contributed by atoms with Crippen LogP contribution in [-0.2, 0) is 0 Å². The first kappa shape index (κ1) is 14.8. The molecule has 0 aliphatic heterocycles. The zero-order chi connectivity index (χ0) is 16.1. The minimum atomic E-state index is -0.258. The van der Waals surface area contributed by atoms with E-state index in [9.17, 15) is 4.79 Å². The molecule has 1 aromatic carbocycles. The Hall–Kier alpha value is -3.08. The molecule has 3 rings (SSSR count). The van der Waals surface area contributed by atoms with Crippen molar-refractivity contribution in [3.8, 4) is 0 Å². The number of nitrogens with one attached hydrogen (secondary N) is 1. The minimum Gasteiger partial charge on any atom is -0.341 e. The van der Waals surface area contributed by atoms with Gasteiger partial charge in [-0.3, -0.25) is 9.78 Å². The van der Waals surface area contributed by atoms with E-state index in [1.54, 1.807) is 19.3 Å². The van der Waals surface area contributed by atoms with Gasteiger partial charge >= 0.3 is 0 Å². The van der Waals surface area contributed by atoms with Crippen molar-refractivity contribution >= 4 is 5.91 Å². The Balaban J connectivity index is 1.94. The Morgan fingerprint density at radius 1 is 1.00 bits per heavy atom. The molecular formula is C18H16N4O. The number of amides is 1. The summed E-state index contributed by atoms with van der Waals surface area (Å²) in [5, 5.41) is 3.06. The third-order valence-corrected chi connectivity index (χ3v) is 3.60. The maximum atomic E-state index is 12.6. The van der Waals surface area contributed by atoms with Crippen LogP contribution in [0, 0.1) is 6.92 Å². The molecule has 2 heterocycles. The lowest BCUT2D eigenvalue weighted by Crippen LogP contribution is -2.30. The minimum absolute atomic E-state index is 0.200. The smallest absolute Gasteiger partial charge is 0.255 e. The highest BCUT2D eigenvalue weighted by atomic mass is 16.1. The molecular weight excluding hydrogens is 288 g/mol. The van der Waals surface area contributed by atoms with Gasteiger partial charge in [0.2, 0.25) is 0 Å². The highest BCUT2D eigenvalue weighted by molar-refractivity contribution is 5.95. The van der Waals surface area contributed by atoms with E-state index < -0.39 is 0 Å². The number of rotatable bonds is 4. The van der Waals surface area contributed by atoms with Gasteiger partial charge in [0, 0.05) is 18.6 Å². The van der Waals surface area contributed by atoms with Crippen LogP contribution in [0.3, 0.4) is 0 Å². The van der Waals surface area contributed by atoms with Crippen LogP contribution < -0.4 is 5.32 Å². The molecule has 114 valence electrons. The van der Waals surface area contributed by atoms with Gasteiger partial charge in [-0.25, -0.2) is 9.97 Å². The molecule has 0 fully saturated rings. The first-order valence-electron chi connectivity index (χ1n) is 7.28. The summed E-state index contributed by atoms with van der Waals surface area (Å²) in [5.74, 6) is -0.200. The molecule has 3 aromatic rings. The van der Waals surface area contributed by atoms with Crippen LogP contribution in [0.4, 0.5) is 0 Å². The van der Waals surface area contributed by atoms with Crippen molar-refractivity contribution in [2.45, 2.75) is 13.0 Å². The zero-order valence-corrected chi connectivity index (χ0v) is 12.7. The summed E-state index contributed by atoms with van der Waals surface area (Å²) in [6.45, 7) is 1.79. The van der Waals surface area contributed by atoms with Crippen LogP contribution in [0.2, 0.25) is 0 Å². The van der Waals surface area contributed by atoms with E-state index >= 15 is 0 Å². The van der Waals surface area contributed by atoms with Crippen molar-refractivity contribution < 1.29 is 4.79 Å². The largest absolute Gasteiger partial charge is 0.341 e. The Labute approximate surface area is 134 Å². The number of aryl methyl sites for hydroxylation is 1. The van der Waals surface area contributed by atoms with Crippen molar-refractivity contribution in [2.75, 3.05) is 0 Å². The number of nitrogens with zero attached hydrogens (tertiary/aromatic N) is 3. The van der Waals surface area contributed by atoms with E-state index in [1.807, 2.05) is 42.5 Å². The molecule has 1 amide bonds. The summed E-state index contributed by atoms with van der Waals surface area (Å²) in [5.41, 5.74) is 3.09. The number of carbonyl (C=O) groups is 1. The van der Waals surface area contributed by atoms with Gasteiger partial charge in [-0.1, -0.05) is 30.3 Å². The van der Waals surface area contributed by atoms with Gasteiger partial charge in [0.15, 0.2) is 0 Å². The summed E-state index contributed by atoms with van der Waals surface area (Å²) in [6, 6.07) is 13.4. The molecule has 1 atom stereocenters. The lowest BCUT2D eigenvalue weighted by atomic mass is 9.99. The highest BCUT2D eigenvalue weighted by Crippen LogP contribution is 2.22. The molecule has 5 nitrogen and oxygen atoms in total. The SMILES string of the molecule is Cc1ncncc1C(=O)NC(c1ccccc1)c1ccncc1. The van der Waals surface area contributed by atoms with Crippen molar-refractivity contribution in [3.05, 3.63) is 89.8 Å². The third kappa shape index (κ3) is 3.40. The number of benzene rings is 1. The average molecular weight is 304 g/mol. The highest BCUT2D eigenvalue weighted by Gasteiger charge is 2.19. The van der Waals surface area contributed by atoms with Gasteiger partial charge in [0.1, 0.15) is 6.33 Å². The van der Waals surface area contributed by atoms with Gasteiger partial charge < -0.3 is 5.32 Å². The van der Waals surface area contributed by atoms with E-state index in [1.165, 1.54) is 12.5 Å². The lowest BCUT2D eigenvalue weighted by molar-refractivity contribution is 0.0941. The summed E-state index contributed by atoms with van der Waals surface area (Å²) < 4.78 is 0. The molecule has 0 radical (unpaired) electrons. The number of pyridine rings is 1. The molecule has 5 heteroatoms. The van der Waals surface area contributed by atoms with Crippen molar-refractivity contribution in [1.82, 2.24) is 20.3 Å². The summed E-state index contributed by atoms with van der Waals surface area (Å²) >= 11 is 0. The maximum Gasteiger partial charge on any atom is 0.255 e. The fourth-order valence-corrected chi connectivity index (χ4v) is 2.38. The van der Waals surface area contributed by atoms with Crippen LogP contribution in [0.1, 0.15) is 33.2 Å². The first-order chi connectivity index (χ1) is 11.3. The first-order valence-corrected chi connectivity index (χ1v) is 7.28. The second-order valence-corrected chi connectivity index (χ2v) is 5.12. The van der Waals surface area contributed by atoms with Crippen LogP contribution in [0.15, 0.2) is 67.4 Å². The zero-order valence-electron chi connectivity index (χ0n) is 12.7. The Kier molecular flexibility index (Phi) is 4.38. The number of carbonyl (C=O) groups excluding carboxylic acids is 1. The summed E-state index contributed by atoms with van der Waals surface area (Å²) in [7, 11) is 0. The fraction of sp³-hybridized carbons (Fsp3) is 0.111. The monoisotopic (exact) mass is 304 g/mol. The molecule has 0 bridgehead atoms. The van der Waals surface area contributed by atoms with E-state index in [-0.39, 0.29) is 11.9 Å². The van der Waals surface area contributed by atoms with Crippen molar-refractivity contribution in [2.24, 2.45) is 0 Å². The number of hydrogen-bond acceptors (Lipinski definition) is 4. The topological polar surface area (TPSA) is 67.8 Å². The maximum absolute atomic E-state index is 12.6. The Morgan fingerprint density at radius 2 is 1.70 bits per heavy atom. The number of hydrogen-bond donors (Lipinski definition) is 1. The van der Waals surface area contributed by atoms with Crippen LogP contribution >= 0.6 is 0 Å². The van der Waals surface area contributed by atoms with Gasteiger partial charge in [-0.15, -0.1) is 0 Å². The van der Waals surface area contributed by atoms with E-state index in [4.69, 9.17) is 0 Å². The van der Waals surface area contributed by atoms with Crippen LogP contribution in [0.25, 0.3) is 0 Å². The molecule has 2 aromatic heterocycles. The fourth-order valence-electron chi connectivity index (χ4n) is 2.38. The Morgan fingerprint density at radius 3 is 2.39 bits per heavy atom. The van der Waals surface area contributed by atoms with Gasteiger partial charge in [0.25, 0.3) is 5.91 Å². The Bertz CT molecular complexity index is 751. The average Bonchev–Trinajstić information content (AvgIpc) is 2.61. The third-order valence-electron chi connectivity index (χ3n) is 3.60. The van der Waals surface area contributed by atoms with Crippen molar-refractivity contribution in [1.29, 1.82) is 0 Å². The summed E-state index contributed by atoms with van der Waals surface area (Å²) in [4.78, 5) is 24.7. The van der Waals surface area contributed by atoms with E-state index in [0.29, 0.717) is 11.3 Å². The van der Waals surface area contributed by atoms with Gasteiger partial charge in [-0.05, 0) is 30.2 Å². The molecule has 0 spiro atoms. The van der Waals surface area contributed by atoms with Crippen molar-refractivity contribution in [3.63, 3.8) is 0 Å². The second-order valence-electron chi connectivity index (χ2n) is 5.12. The normalized spacial score (nSPS) is 11.7. The predicted molar refractivity (Wildman–Crippen MR) is 86.8 cm³/mol. The molecule has 1 N–H and O–H groups in total. The molecule has 1 unspecified atom stereocenters. The molecule has 23 heavy (non-hydrogen) atoms. The standard InChI is InChI=1S/C18H16N4O/c1-13-16(11-20-12-21-13)18(23)22-17(14-5-3-2-4-6-14)15-7-9-19-10-8-15/h2-12,17H,1H3,(H,22,23).